The molecule has 9 nitrogen and oxygen atoms in total. The van der Waals surface area contributed by atoms with Crippen molar-refractivity contribution in [3.8, 4) is 23.3 Å². The number of carbonyl (C=O) groups excluding carboxylic acids is 1. The number of methoxy groups -OCH3 is 1. The molecule has 3 heterocycles. The first kappa shape index (κ1) is 18.0. The Bertz CT molecular complexity index is 916. The minimum atomic E-state index is -0.262. The van der Waals surface area contributed by atoms with Gasteiger partial charge in [0.1, 0.15) is 6.10 Å². The predicted octanol–water partition coefficient (Wildman–Crippen LogP) is 2.85. The van der Waals surface area contributed by atoms with Gasteiger partial charge in [-0.15, -0.1) is 0 Å². The average Bonchev–Trinajstić information content (AvgIpc) is 3.42. The molecule has 0 unspecified atom stereocenters. The second-order valence-electron chi connectivity index (χ2n) is 6.49. The monoisotopic (exact) mass is 384 g/mol. The number of hydrogen-bond donors (Lipinski definition) is 1. The summed E-state index contributed by atoms with van der Waals surface area (Å²) < 4.78 is 21.5. The van der Waals surface area contributed by atoms with Gasteiger partial charge in [-0.25, -0.2) is 9.97 Å². The first-order chi connectivity index (χ1) is 13.7. The summed E-state index contributed by atoms with van der Waals surface area (Å²) in [4.78, 5) is 20.7. The van der Waals surface area contributed by atoms with Gasteiger partial charge >= 0.3 is 0 Å². The van der Waals surface area contributed by atoms with E-state index in [9.17, 15) is 4.79 Å². The van der Waals surface area contributed by atoms with E-state index in [2.05, 4.69) is 20.4 Å². The maximum Gasteiger partial charge on any atom is 0.278 e. The third kappa shape index (κ3) is 3.98. The highest BCUT2D eigenvalue weighted by Crippen LogP contribution is 2.27. The zero-order chi connectivity index (χ0) is 19.3. The predicted molar refractivity (Wildman–Crippen MR) is 96.9 cm³/mol. The van der Waals surface area contributed by atoms with Crippen LogP contribution in [0.3, 0.4) is 0 Å². The molecule has 1 aliphatic rings. The van der Waals surface area contributed by atoms with Crippen LogP contribution in [0.2, 0.25) is 0 Å². The van der Waals surface area contributed by atoms with Crippen molar-refractivity contribution < 1.29 is 23.2 Å². The summed E-state index contributed by atoms with van der Waals surface area (Å²) in [5.41, 5.74) is 0.231. The molecule has 28 heavy (non-hydrogen) atoms. The van der Waals surface area contributed by atoms with Gasteiger partial charge in [-0.1, -0.05) is 5.16 Å². The van der Waals surface area contributed by atoms with E-state index < -0.39 is 0 Å². The fourth-order valence-electron chi connectivity index (χ4n) is 3.19. The maximum absolute atomic E-state index is 12.4. The highest BCUT2D eigenvalue weighted by molar-refractivity contribution is 5.93. The molecule has 146 valence electrons. The van der Waals surface area contributed by atoms with Crippen molar-refractivity contribution >= 4 is 5.91 Å². The van der Waals surface area contributed by atoms with Gasteiger partial charge in [0.2, 0.25) is 5.76 Å². The number of rotatable bonds is 6. The van der Waals surface area contributed by atoms with E-state index in [1.165, 1.54) is 13.4 Å². The fourth-order valence-corrected chi connectivity index (χ4v) is 3.19. The Hall–Kier alpha value is -3.36. The highest BCUT2D eigenvalue weighted by atomic mass is 16.5. The van der Waals surface area contributed by atoms with Crippen molar-refractivity contribution in [2.75, 3.05) is 7.11 Å². The summed E-state index contributed by atoms with van der Waals surface area (Å²) in [7, 11) is 1.53. The normalized spacial score (nSPS) is 19.2. The lowest BCUT2D eigenvalue weighted by Gasteiger charge is -2.29. The molecule has 1 amide bonds. The van der Waals surface area contributed by atoms with Crippen LogP contribution in [0.15, 0.2) is 45.8 Å². The first-order valence-electron chi connectivity index (χ1n) is 9.06. The topological polar surface area (TPSA) is 113 Å². The summed E-state index contributed by atoms with van der Waals surface area (Å²) in [6.07, 6.45) is 7.84. The number of furan rings is 1. The molecule has 0 atom stereocenters. The van der Waals surface area contributed by atoms with Gasteiger partial charge in [0, 0.05) is 24.5 Å². The van der Waals surface area contributed by atoms with Crippen molar-refractivity contribution in [3.63, 3.8) is 0 Å². The van der Waals surface area contributed by atoms with Crippen LogP contribution in [0, 0.1) is 0 Å². The van der Waals surface area contributed by atoms with Gasteiger partial charge in [-0.05, 0) is 37.8 Å². The smallest absolute Gasteiger partial charge is 0.278 e. The molecule has 0 aromatic carbocycles. The first-order valence-corrected chi connectivity index (χ1v) is 9.06. The number of amides is 1. The SMILES string of the molecule is COc1nccnc1OC1CCC(NC(=O)c2cc(-c3ccco3)on2)CC1. The van der Waals surface area contributed by atoms with Crippen LogP contribution in [0.25, 0.3) is 11.5 Å². The molecular formula is C19H20N4O5. The van der Waals surface area contributed by atoms with Crippen molar-refractivity contribution in [1.82, 2.24) is 20.4 Å². The van der Waals surface area contributed by atoms with Crippen LogP contribution in [0.4, 0.5) is 0 Å². The van der Waals surface area contributed by atoms with Crippen LogP contribution in [0.1, 0.15) is 36.2 Å². The molecule has 1 saturated carbocycles. The highest BCUT2D eigenvalue weighted by Gasteiger charge is 2.26. The van der Waals surface area contributed by atoms with Crippen molar-refractivity contribution in [3.05, 3.63) is 42.5 Å². The van der Waals surface area contributed by atoms with E-state index in [0.717, 1.165) is 25.7 Å². The standard InChI is InChI=1S/C19H20N4O5/c1-25-18-19(21-9-8-20-18)27-13-6-4-12(5-7-13)22-17(24)14-11-16(28-23-14)15-3-2-10-26-15/h2-3,8-13H,4-7H2,1H3,(H,22,24). The summed E-state index contributed by atoms with van der Waals surface area (Å²) in [6, 6.07) is 5.12. The molecule has 0 bridgehead atoms. The lowest BCUT2D eigenvalue weighted by Crippen LogP contribution is -2.39. The van der Waals surface area contributed by atoms with Gasteiger partial charge in [-0.3, -0.25) is 4.79 Å². The fraction of sp³-hybridized carbons (Fsp3) is 0.368. The molecule has 1 fully saturated rings. The Labute approximate surface area is 161 Å². The molecule has 1 aliphatic carbocycles. The number of nitrogens with one attached hydrogen (secondary N) is 1. The molecule has 1 N–H and O–H groups in total. The molecule has 0 aliphatic heterocycles. The lowest BCUT2D eigenvalue weighted by atomic mass is 9.93. The maximum atomic E-state index is 12.4. The Morgan fingerprint density at radius 2 is 1.93 bits per heavy atom. The Morgan fingerprint density at radius 3 is 2.64 bits per heavy atom. The van der Waals surface area contributed by atoms with E-state index >= 15 is 0 Å². The number of aromatic nitrogens is 3. The third-order valence-electron chi connectivity index (χ3n) is 4.62. The summed E-state index contributed by atoms with van der Waals surface area (Å²) in [5.74, 6) is 1.46. The van der Waals surface area contributed by atoms with Gasteiger partial charge in [0.15, 0.2) is 11.5 Å². The lowest BCUT2D eigenvalue weighted by molar-refractivity contribution is 0.0878. The second kappa shape index (κ2) is 8.12. The van der Waals surface area contributed by atoms with Crippen LogP contribution in [0.5, 0.6) is 11.8 Å². The Balaban J connectivity index is 1.29. The van der Waals surface area contributed by atoms with E-state index in [4.69, 9.17) is 18.4 Å². The van der Waals surface area contributed by atoms with Crippen molar-refractivity contribution in [1.29, 1.82) is 0 Å². The minimum Gasteiger partial charge on any atom is -0.477 e. The number of nitrogens with zero attached hydrogens (tertiary/aromatic N) is 3. The van der Waals surface area contributed by atoms with Crippen molar-refractivity contribution in [2.45, 2.75) is 37.8 Å². The Kier molecular flexibility index (Phi) is 5.22. The van der Waals surface area contributed by atoms with E-state index in [0.29, 0.717) is 23.3 Å². The summed E-state index contributed by atoms with van der Waals surface area (Å²) >= 11 is 0. The largest absolute Gasteiger partial charge is 0.477 e. The molecule has 0 saturated heterocycles. The molecule has 0 radical (unpaired) electrons. The van der Waals surface area contributed by atoms with Crippen LogP contribution < -0.4 is 14.8 Å². The number of ether oxygens (including phenoxy) is 2. The zero-order valence-corrected chi connectivity index (χ0v) is 15.3. The molecule has 0 spiro atoms. The van der Waals surface area contributed by atoms with Crippen molar-refractivity contribution in [2.24, 2.45) is 0 Å². The van der Waals surface area contributed by atoms with E-state index in [1.54, 1.807) is 30.6 Å². The van der Waals surface area contributed by atoms with Gasteiger partial charge in [-0.2, -0.15) is 0 Å². The van der Waals surface area contributed by atoms with Gasteiger partial charge < -0.3 is 23.7 Å². The summed E-state index contributed by atoms with van der Waals surface area (Å²) in [5, 5.41) is 6.83. The Morgan fingerprint density at radius 1 is 1.14 bits per heavy atom. The average molecular weight is 384 g/mol. The van der Waals surface area contributed by atoms with Gasteiger partial charge in [0.05, 0.1) is 13.4 Å². The number of hydrogen-bond acceptors (Lipinski definition) is 8. The van der Waals surface area contributed by atoms with E-state index in [1.807, 2.05) is 0 Å². The molecule has 3 aromatic heterocycles. The second-order valence-corrected chi connectivity index (χ2v) is 6.49. The van der Waals surface area contributed by atoms with Gasteiger partial charge in [0.25, 0.3) is 17.7 Å². The van der Waals surface area contributed by atoms with E-state index in [-0.39, 0.29) is 23.7 Å². The number of carbonyl (C=O) groups is 1. The summed E-state index contributed by atoms with van der Waals surface area (Å²) in [6.45, 7) is 0. The molecule has 9 heteroatoms. The zero-order valence-electron chi connectivity index (χ0n) is 15.3. The minimum absolute atomic E-state index is 0.0105. The van der Waals surface area contributed by atoms with Crippen LogP contribution in [-0.4, -0.2) is 40.3 Å². The van der Waals surface area contributed by atoms with Crippen LogP contribution in [-0.2, 0) is 0 Å². The molecule has 4 rings (SSSR count). The third-order valence-corrected chi connectivity index (χ3v) is 4.62. The quantitative estimate of drug-likeness (QED) is 0.690. The molecular weight excluding hydrogens is 364 g/mol. The van der Waals surface area contributed by atoms with Crippen LogP contribution >= 0.6 is 0 Å². The molecule has 3 aromatic rings.